The van der Waals surface area contributed by atoms with Gasteiger partial charge in [-0.15, -0.1) is 0 Å². The van der Waals surface area contributed by atoms with Crippen LogP contribution in [0.3, 0.4) is 0 Å². The molecular formula is C9H5ClN2. The fourth-order valence-corrected chi connectivity index (χ4v) is 1.41. The van der Waals surface area contributed by atoms with Crippen molar-refractivity contribution in [3.8, 4) is 0 Å². The summed E-state index contributed by atoms with van der Waals surface area (Å²) in [5, 5.41) is 0.659. The summed E-state index contributed by atoms with van der Waals surface area (Å²) in [5.74, 6) is 0.479. The molecule has 1 heterocycles. The highest BCUT2D eigenvalue weighted by molar-refractivity contribution is 6.31. The average Bonchev–Trinajstić information content (AvgIpc) is 2.46. The highest BCUT2D eigenvalue weighted by atomic mass is 35.5. The van der Waals surface area contributed by atoms with Gasteiger partial charge in [0.25, 0.3) is 5.84 Å². The third-order valence-electron chi connectivity index (χ3n) is 1.82. The van der Waals surface area contributed by atoms with Gasteiger partial charge in [0, 0.05) is 10.6 Å². The van der Waals surface area contributed by atoms with Crippen molar-refractivity contribution in [1.29, 1.82) is 0 Å². The van der Waals surface area contributed by atoms with E-state index >= 15 is 0 Å². The lowest BCUT2D eigenvalue weighted by Crippen LogP contribution is -1.90. The highest BCUT2D eigenvalue weighted by Gasteiger charge is 2.16. The second-order valence-corrected chi connectivity index (χ2v) is 2.99. The fourth-order valence-electron chi connectivity index (χ4n) is 1.24. The van der Waals surface area contributed by atoms with E-state index in [1.165, 1.54) is 0 Å². The van der Waals surface area contributed by atoms with Crippen LogP contribution in [0.25, 0.3) is 4.85 Å². The zero-order valence-corrected chi connectivity index (χ0v) is 6.97. The molecule has 0 aliphatic carbocycles. The molecule has 3 heteroatoms. The van der Waals surface area contributed by atoms with Gasteiger partial charge in [0.15, 0.2) is 0 Å². The van der Waals surface area contributed by atoms with E-state index in [1.54, 1.807) is 6.07 Å². The Kier molecular flexibility index (Phi) is 1.60. The molecule has 0 saturated carbocycles. The predicted octanol–water partition coefficient (Wildman–Crippen LogP) is 2.52. The minimum atomic E-state index is 0.479. The zero-order valence-electron chi connectivity index (χ0n) is 6.21. The van der Waals surface area contributed by atoms with Gasteiger partial charge in [0.2, 0.25) is 0 Å². The Labute approximate surface area is 75.3 Å². The van der Waals surface area contributed by atoms with E-state index in [0.717, 1.165) is 11.1 Å². The number of nitrogens with zero attached hydrogens (tertiary/aromatic N) is 2. The molecule has 1 aliphatic rings. The first-order valence-electron chi connectivity index (χ1n) is 3.52. The van der Waals surface area contributed by atoms with Crippen molar-refractivity contribution in [2.45, 2.75) is 6.54 Å². The van der Waals surface area contributed by atoms with Crippen LogP contribution < -0.4 is 0 Å². The van der Waals surface area contributed by atoms with Crippen molar-refractivity contribution in [2.24, 2.45) is 4.99 Å². The second kappa shape index (κ2) is 2.62. The molecule has 0 aromatic heterocycles. The Morgan fingerprint density at radius 2 is 2.33 bits per heavy atom. The van der Waals surface area contributed by atoms with Crippen LogP contribution in [0.2, 0.25) is 5.02 Å². The molecule has 58 valence electrons. The standard InChI is InChI=1S/C9H5ClN2/c1-11-9-8-4-7(10)3-2-6(8)5-12-9/h2-4H,5H2. The van der Waals surface area contributed by atoms with Crippen LogP contribution in [0.5, 0.6) is 0 Å². The molecule has 2 rings (SSSR count). The van der Waals surface area contributed by atoms with Gasteiger partial charge in [-0.3, -0.25) is 0 Å². The van der Waals surface area contributed by atoms with Gasteiger partial charge in [0.05, 0.1) is 0 Å². The summed E-state index contributed by atoms with van der Waals surface area (Å²) in [7, 11) is 0. The van der Waals surface area contributed by atoms with E-state index in [4.69, 9.17) is 18.2 Å². The molecule has 2 nitrogen and oxygen atoms in total. The zero-order chi connectivity index (χ0) is 8.55. The largest absolute Gasteiger partial charge is 0.360 e. The maximum Gasteiger partial charge on any atom is 0.272 e. The van der Waals surface area contributed by atoms with E-state index in [9.17, 15) is 0 Å². The van der Waals surface area contributed by atoms with Crippen LogP contribution in [0.15, 0.2) is 23.2 Å². The first-order chi connectivity index (χ1) is 5.81. The van der Waals surface area contributed by atoms with Crippen LogP contribution >= 0.6 is 11.6 Å². The Morgan fingerprint density at radius 1 is 1.50 bits per heavy atom. The Balaban J connectivity index is 2.59. The van der Waals surface area contributed by atoms with Crippen molar-refractivity contribution >= 4 is 17.4 Å². The molecule has 0 bridgehead atoms. The molecule has 0 spiro atoms. The van der Waals surface area contributed by atoms with Crippen molar-refractivity contribution in [3.05, 3.63) is 45.8 Å². The third kappa shape index (κ3) is 0.992. The van der Waals surface area contributed by atoms with Gasteiger partial charge in [-0.1, -0.05) is 24.2 Å². The second-order valence-electron chi connectivity index (χ2n) is 2.55. The minimum absolute atomic E-state index is 0.479. The summed E-state index contributed by atoms with van der Waals surface area (Å²) in [4.78, 5) is 7.38. The van der Waals surface area contributed by atoms with Gasteiger partial charge >= 0.3 is 0 Å². The SMILES string of the molecule is [C-]#[N+]C1=NCc2ccc(Cl)cc21. The van der Waals surface area contributed by atoms with E-state index < -0.39 is 0 Å². The van der Waals surface area contributed by atoms with Crippen LogP contribution in [-0.4, -0.2) is 5.84 Å². The Hall–Kier alpha value is -1.33. The number of aliphatic imine (C=N–C) groups is 1. The number of hydrogen-bond acceptors (Lipinski definition) is 1. The topological polar surface area (TPSA) is 16.7 Å². The maximum absolute atomic E-state index is 6.85. The van der Waals surface area contributed by atoms with Crippen LogP contribution in [0.1, 0.15) is 11.1 Å². The number of rotatable bonds is 0. The van der Waals surface area contributed by atoms with Crippen LogP contribution in [0.4, 0.5) is 0 Å². The van der Waals surface area contributed by atoms with Gasteiger partial charge in [0.1, 0.15) is 6.54 Å². The summed E-state index contributed by atoms with van der Waals surface area (Å²) in [6, 6.07) is 5.53. The summed E-state index contributed by atoms with van der Waals surface area (Å²) in [6.45, 7) is 7.47. The number of hydrogen-bond donors (Lipinski definition) is 0. The quantitative estimate of drug-likeness (QED) is 0.541. The normalized spacial score (nSPS) is 13.5. The highest BCUT2D eigenvalue weighted by Crippen LogP contribution is 2.22. The van der Waals surface area contributed by atoms with Crippen molar-refractivity contribution in [3.63, 3.8) is 0 Å². The molecule has 1 aromatic rings. The molecule has 0 saturated heterocycles. The molecular weight excluding hydrogens is 172 g/mol. The number of fused-ring (bicyclic) bond motifs is 1. The molecule has 0 atom stereocenters. The van der Waals surface area contributed by atoms with Crippen molar-refractivity contribution < 1.29 is 0 Å². The van der Waals surface area contributed by atoms with Gasteiger partial charge in [-0.2, -0.15) is 4.99 Å². The summed E-state index contributed by atoms with van der Waals surface area (Å²) in [5.41, 5.74) is 1.97. The van der Waals surface area contributed by atoms with Crippen LogP contribution in [0, 0.1) is 6.57 Å². The molecule has 1 aliphatic heterocycles. The maximum atomic E-state index is 6.85. The van der Waals surface area contributed by atoms with E-state index in [1.807, 2.05) is 12.1 Å². The van der Waals surface area contributed by atoms with Crippen molar-refractivity contribution in [2.75, 3.05) is 0 Å². The summed E-state index contributed by atoms with van der Waals surface area (Å²) >= 11 is 5.79. The monoisotopic (exact) mass is 176 g/mol. The molecule has 0 fully saturated rings. The first-order valence-corrected chi connectivity index (χ1v) is 3.90. The van der Waals surface area contributed by atoms with Gasteiger partial charge in [-0.25, -0.2) is 0 Å². The number of halogens is 1. The van der Waals surface area contributed by atoms with Gasteiger partial charge < -0.3 is 4.85 Å². The lowest BCUT2D eigenvalue weighted by atomic mass is 10.1. The molecule has 0 radical (unpaired) electrons. The van der Waals surface area contributed by atoms with E-state index in [2.05, 4.69) is 9.84 Å². The first kappa shape index (κ1) is 7.33. The smallest absolute Gasteiger partial charge is 0.272 e. The minimum Gasteiger partial charge on any atom is -0.360 e. The molecule has 1 aromatic carbocycles. The molecule has 12 heavy (non-hydrogen) atoms. The lowest BCUT2D eigenvalue weighted by Gasteiger charge is -1.97. The molecule has 0 unspecified atom stereocenters. The van der Waals surface area contributed by atoms with Gasteiger partial charge in [-0.05, 0) is 17.7 Å². The number of amidine groups is 1. The van der Waals surface area contributed by atoms with E-state index in [-0.39, 0.29) is 0 Å². The Bertz CT molecular complexity index is 401. The third-order valence-corrected chi connectivity index (χ3v) is 2.05. The summed E-state index contributed by atoms with van der Waals surface area (Å²) in [6.07, 6.45) is 0. The average molecular weight is 177 g/mol. The summed E-state index contributed by atoms with van der Waals surface area (Å²) < 4.78 is 0. The van der Waals surface area contributed by atoms with E-state index in [0.29, 0.717) is 17.4 Å². The molecule has 0 N–H and O–H groups in total. The van der Waals surface area contributed by atoms with Crippen molar-refractivity contribution in [1.82, 2.24) is 0 Å². The fraction of sp³-hybridized carbons (Fsp3) is 0.111. The molecule has 0 amide bonds. The van der Waals surface area contributed by atoms with Crippen LogP contribution in [-0.2, 0) is 6.54 Å². The predicted molar refractivity (Wildman–Crippen MR) is 48.3 cm³/mol. The Morgan fingerprint density at radius 3 is 3.08 bits per heavy atom. The lowest BCUT2D eigenvalue weighted by molar-refractivity contribution is 1.11. The number of benzene rings is 1.